The normalized spacial score (nSPS) is 20.0. The van der Waals surface area contributed by atoms with Crippen molar-refractivity contribution in [2.75, 3.05) is 36.7 Å². The molecule has 2 heterocycles. The van der Waals surface area contributed by atoms with Gasteiger partial charge in [-0.25, -0.2) is 8.42 Å². The average Bonchev–Trinajstić information content (AvgIpc) is 3.12. The lowest BCUT2D eigenvalue weighted by atomic mass is 10.1. The van der Waals surface area contributed by atoms with E-state index in [1.807, 2.05) is 17.0 Å². The summed E-state index contributed by atoms with van der Waals surface area (Å²) >= 11 is 0. The number of hydrogen-bond donors (Lipinski definition) is 0. The maximum atomic E-state index is 13.1. The zero-order valence-corrected chi connectivity index (χ0v) is 17.7. The van der Waals surface area contributed by atoms with E-state index in [1.165, 1.54) is 16.1 Å². The molecule has 1 fully saturated rings. The first kappa shape index (κ1) is 19.9. The highest BCUT2D eigenvalue weighted by Gasteiger charge is 2.30. The van der Waals surface area contributed by atoms with Crippen molar-refractivity contribution in [1.29, 1.82) is 0 Å². The number of nitrogens with zero attached hydrogens (tertiary/aromatic N) is 3. The van der Waals surface area contributed by atoms with Crippen molar-refractivity contribution in [3.63, 3.8) is 0 Å². The molecule has 0 spiro atoms. The molecule has 4 rings (SSSR count). The molecule has 2 aromatic rings. The number of piperazine rings is 1. The Hall–Kier alpha value is -2.38. The lowest BCUT2D eigenvalue weighted by Crippen LogP contribution is -2.53. The quantitative estimate of drug-likeness (QED) is 0.772. The van der Waals surface area contributed by atoms with E-state index in [-0.39, 0.29) is 11.9 Å². The highest BCUT2D eigenvalue weighted by molar-refractivity contribution is 7.92. The van der Waals surface area contributed by atoms with Gasteiger partial charge in [-0.15, -0.1) is 0 Å². The van der Waals surface area contributed by atoms with Crippen LogP contribution in [-0.2, 0) is 23.0 Å². The van der Waals surface area contributed by atoms with Gasteiger partial charge in [-0.3, -0.25) is 14.0 Å². The summed E-state index contributed by atoms with van der Waals surface area (Å²) in [5, 5.41) is 0. The number of hydrogen-bond acceptors (Lipinski definition) is 4. The number of rotatable bonds is 4. The second kappa shape index (κ2) is 7.80. The predicted octanol–water partition coefficient (Wildman–Crippen LogP) is 2.36. The van der Waals surface area contributed by atoms with Crippen molar-refractivity contribution in [1.82, 2.24) is 9.80 Å². The Morgan fingerprint density at radius 1 is 1.07 bits per heavy atom. The van der Waals surface area contributed by atoms with Crippen LogP contribution in [0.4, 0.5) is 5.69 Å². The summed E-state index contributed by atoms with van der Waals surface area (Å²) in [7, 11) is -3.28. The van der Waals surface area contributed by atoms with Crippen molar-refractivity contribution in [2.45, 2.75) is 25.9 Å². The Kier molecular flexibility index (Phi) is 5.36. The summed E-state index contributed by atoms with van der Waals surface area (Å²) in [4.78, 5) is 17.5. The molecule has 0 saturated carbocycles. The van der Waals surface area contributed by atoms with Gasteiger partial charge in [-0.05, 0) is 42.7 Å². The van der Waals surface area contributed by atoms with Crippen LogP contribution < -0.4 is 4.31 Å². The van der Waals surface area contributed by atoms with Gasteiger partial charge in [-0.1, -0.05) is 30.3 Å². The fourth-order valence-electron chi connectivity index (χ4n) is 4.33. The van der Waals surface area contributed by atoms with Gasteiger partial charge < -0.3 is 4.90 Å². The highest BCUT2D eigenvalue weighted by Crippen LogP contribution is 2.31. The van der Waals surface area contributed by atoms with Crippen LogP contribution in [0.5, 0.6) is 0 Å². The number of carbonyl (C=O) groups excluding carboxylic acids is 1. The molecule has 0 bridgehead atoms. The summed E-state index contributed by atoms with van der Waals surface area (Å²) in [5.41, 5.74) is 3.55. The Morgan fingerprint density at radius 3 is 2.52 bits per heavy atom. The maximum Gasteiger partial charge on any atom is 0.254 e. The number of amides is 1. The third kappa shape index (κ3) is 4.16. The zero-order chi connectivity index (χ0) is 20.6. The number of fused-ring (bicyclic) bond motifs is 1. The smallest absolute Gasteiger partial charge is 0.254 e. The summed E-state index contributed by atoms with van der Waals surface area (Å²) in [6, 6.07) is 15.9. The summed E-state index contributed by atoms with van der Waals surface area (Å²) in [6.07, 6.45) is 1.86. The third-order valence-corrected chi connectivity index (χ3v) is 6.98. The second-order valence-electron chi connectivity index (χ2n) is 8.00. The Bertz CT molecular complexity index is 1010. The molecule has 7 heteroatoms. The maximum absolute atomic E-state index is 13.1. The lowest BCUT2D eigenvalue weighted by Gasteiger charge is -2.40. The van der Waals surface area contributed by atoms with Crippen LogP contribution in [0.3, 0.4) is 0 Å². The van der Waals surface area contributed by atoms with Crippen LogP contribution in [0.25, 0.3) is 0 Å². The Morgan fingerprint density at radius 2 is 1.83 bits per heavy atom. The van der Waals surface area contributed by atoms with Crippen molar-refractivity contribution in [3.05, 3.63) is 65.2 Å². The summed E-state index contributed by atoms with van der Waals surface area (Å²) in [5.74, 6) is 0.0254. The summed E-state index contributed by atoms with van der Waals surface area (Å²) in [6.45, 7) is 5.81. The molecule has 2 aromatic carbocycles. The van der Waals surface area contributed by atoms with E-state index < -0.39 is 10.0 Å². The minimum atomic E-state index is -3.28. The second-order valence-corrected chi connectivity index (χ2v) is 9.90. The monoisotopic (exact) mass is 413 g/mol. The van der Waals surface area contributed by atoms with Crippen LogP contribution in [-0.4, -0.2) is 62.6 Å². The first-order valence-electron chi connectivity index (χ1n) is 10.0. The molecule has 0 radical (unpaired) electrons. The molecule has 0 aliphatic carbocycles. The fraction of sp³-hybridized carbons (Fsp3) is 0.409. The largest absolute Gasteiger partial charge is 0.333 e. The van der Waals surface area contributed by atoms with Gasteiger partial charge >= 0.3 is 0 Å². The van der Waals surface area contributed by atoms with E-state index in [0.29, 0.717) is 30.8 Å². The van der Waals surface area contributed by atoms with Crippen LogP contribution >= 0.6 is 0 Å². The fourth-order valence-corrected chi connectivity index (χ4v) is 5.29. The number of sulfonamides is 1. The van der Waals surface area contributed by atoms with E-state index in [4.69, 9.17) is 0 Å². The first-order chi connectivity index (χ1) is 13.8. The van der Waals surface area contributed by atoms with Gasteiger partial charge in [0.25, 0.3) is 5.91 Å². The molecule has 0 unspecified atom stereocenters. The van der Waals surface area contributed by atoms with E-state index in [9.17, 15) is 13.2 Å². The van der Waals surface area contributed by atoms with Crippen LogP contribution in [0.15, 0.2) is 48.5 Å². The van der Waals surface area contributed by atoms with Gasteiger partial charge in [0.05, 0.1) is 11.9 Å². The number of benzene rings is 2. The predicted molar refractivity (Wildman–Crippen MR) is 115 cm³/mol. The highest BCUT2D eigenvalue weighted by atomic mass is 32.2. The average molecular weight is 414 g/mol. The SMILES string of the molecule is C[C@@H]1CN(Cc2ccccc2)CCN1C(=O)c1ccc2c(c1)CCN2S(C)(=O)=O. The summed E-state index contributed by atoms with van der Waals surface area (Å²) < 4.78 is 25.2. The van der Waals surface area contributed by atoms with E-state index in [0.717, 1.165) is 25.2 Å². The van der Waals surface area contributed by atoms with Crippen LogP contribution in [0.1, 0.15) is 28.4 Å². The van der Waals surface area contributed by atoms with Gasteiger partial charge in [0.1, 0.15) is 0 Å². The molecule has 154 valence electrons. The van der Waals surface area contributed by atoms with Crippen molar-refractivity contribution >= 4 is 21.6 Å². The molecule has 1 amide bonds. The third-order valence-electron chi connectivity index (χ3n) is 5.80. The van der Waals surface area contributed by atoms with Crippen LogP contribution in [0.2, 0.25) is 0 Å². The topological polar surface area (TPSA) is 60.9 Å². The molecule has 29 heavy (non-hydrogen) atoms. The van der Waals surface area contributed by atoms with E-state index in [1.54, 1.807) is 12.1 Å². The molecule has 2 aliphatic rings. The van der Waals surface area contributed by atoms with Gasteiger partial charge in [0.2, 0.25) is 10.0 Å². The van der Waals surface area contributed by atoms with Crippen molar-refractivity contribution in [3.8, 4) is 0 Å². The lowest BCUT2D eigenvalue weighted by molar-refractivity contribution is 0.0475. The molecule has 2 aliphatic heterocycles. The van der Waals surface area contributed by atoms with Crippen LogP contribution in [0, 0.1) is 0 Å². The standard InChI is InChI=1S/C22H27N3O3S/c1-17-15-23(16-18-6-4-3-5-7-18)12-13-24(17)22(26)20-8-9-21-19(14-20)10-11-25(21)29(2,27)28/h3-9,14,17H,10-13,15-16H2,1-2H3/t17-/m1/s1. The molecule has 0 N–H and O–H groups in total. The van der Waals surface area contributed by atoms with Gasteiger partial charge in [-0.2, -0.15) is 0 Å². The molecule has 1 atom stereocenters. The zero-order valence-electron chi connectivity index (χ0n) is 16.9. The number of carbonyl (C=O) groups is 1. The Balaban J connectivity index is 1.44. The molecule has 0 aromatic heterocycles. The van der Waals surface area contributed by atoms with E-state index >= 15 is 0 Å². The van der Waals surface area contributed by atoms with Crippen molar-refractivity contribution in [2.24, 2.45) is 0 Å². The Labute approximate surface area is 172 Å². The number of anilines is 1. The first-order valence-corrected chi connectivity index (χ1v) is 11.9. The molecular formula is C22H27N3O3S. The van der Waals surface area contributed by atoms with Gasteiger partial charge in [0.15, 0.2) is 0 Å². The molecule has 6 nitrogen and oxygen atoms in total. The minimum Gasteiger partial charge on any atom is -0.333 e. The van der Waals surface area contributed by atoms with Crippen molar-refractivity contribution < 1.29 is 13.2 Å². The van der Waals surface area contributed by atoms with Gasteiger partial charge in [0, 0.05) is 44.3 Å². The molecule has 1 saturated heterocycles. The minimum absolute atomic E-state index is 0.0254. The molecular weight excluding hydrogens is 386 g/mol. The van der Waals surface area contributed by atoms with E-state index in [2.05, 4.69) is 36.1 Å².